The zero-order valence-corrected chi connectivity index (χ0v) is 10.9. The Hall–Kier alpha value is -1.32. The molecule has 17 heavy (non-hydrogen) atoms. The van der Waals surface area contributed by atoms with Crippen LogP contribution in [0.2, 0.25) is 5.02 Å². The van der Waals surface area contributed by atoms with Crippen LogP contribution in [0, 0.1) is 6.92 Å². The SMILES string of the molecule is Cc1ccc(C(C)(O)c2c(Cl)cnn2C)cc1. The molecule has 0 bridgehead atoms. The van der Waals surface area contributed by atoms with Gasteiger partial charge in [-0.05, 0) is 19.4 Å². The molecule has 2 rings (SSSR count). The predicted octanol–water partition coefficient (Wildman–Crippen LogP) is 2.64. The standard InChI is InChI=1S/C13H15ClN2O/c1-9-4-6-10(7-5-9)13(2,17)12-11(14)8-15-16(12)3/h4-8,17H,1-3H3. The van der Waals surface area contributed by atoms with Crippen molar-refractivity contribution in [1.29, 1.82) is 0 Å². The van der Waals surface area contributed by atoms with Crippen LogP contribution in [0.1, 0.15) is 23.7 Å². The summed E-state index contributed by atoms with van der Waals surface area (Å²) in [6.45, 7) is 3.73. The van der Waals surface area contributed by atoms with Crippen LogP contribution in [-0.2, 0) is 12.6 Å². The molecule has 3 nitrogen and oxygen atoms in total. The maximum atomic E-state index is 10.7. The molecule has 0 aliphatic rings. The van der Waals surface area contributed by atoms with Crippen LogP contribution in [0.3, 0.4) is 0 Å². The van der Waals surface area contributed by atoms with Crippen LogP contribution < -0.4 is 0 Å². The molecule has 1 aromatic heterocycles. The van der Waals surface area contributed by atoms with E-state index in [9.17, 15) is 5.11 Å². The van der Waals surface area contributed by atoms with Crippen LogP contribution >= 0.6 is 11.6 Å². The number of hydrogen-bond acceptors (Lipinski definition) is 2. The zero-order valence-electron chi connectivity index (χ0n) is 10.1. The topological polar surface area (TPSA) is 38.1 Å². The average molecular weight is 251 g/mol. The van der Waals surface area contributed by atoms with Gasteiger partial charge in [0.25, 0.3) is 0 Å². The minimum atomic E-state index is -1.14. The highest BCUT2D eigenvalue weighted by Gasteiger charge is 2.31. The molecular weight excluding hydrogens is 236 g/mol. The lowest BCUT2D eigenvalue weighted by Crippen LogP contribution is -2.26. The zero-order chi connectivity index (χ0) is 12.6. The first kappa shape index (κ1) is 12.1. The fourth-order valence-corrected chi connectivity index (χ4v) is 2.32. The minimum Gasteiger partial charge on any atom is -0.379 e. The van der Waals surface area contributed by atoms with E-state index in [-0.39, 0.29) is 0 Å². The lowest BCUT2D eigenvalue weighted by atomic mass is 9.92. The van der Waals surface area contributed by atoms with Crippen LogP contribution in [0.15, 0.2) is 30.5 Å². The average Bonchev–Trinajstić information content (AvgIpc) is 2.59. The van der Waals surface area contributed by atoms with E-state index >= 15 is 0 Å². The molecule has 0 amide bonds. The third-order valence-electron chi connectivity index (χ3n) is 2.97. The van der Waals surface area contributed by atoms with Gasteiger partial charge in [-0.2, -0.15) is 5.10 Å². The molecule has 4 heteroatoms. The molecule has 2 aromatic rings. The number of aromatic nitrogens is 2. The Balaban J connectivity index is 2.53. The van der Waals surface area contributed by atoms with Gasteiger partial charge in [0.15, 0.2) is 0 Å². The van der Waals surface area contributed by atoms with Crippen LogP contribution in [-0.4, -0.2) is 14.9 Å². The number of benzene rings is 1. The molecule has 1 N–H and O–H groups in total. The second kappa shape index (κ2) is 4.17. The predicted molar refractivity (Wildman–Crippen MR) is 68.1 cm³/mol. The Kier molecular flexibility index (Phi) is 2.98. The number of aryl methyl sites for hydroxylation is 2. The smallest absolute Gasteiger partial charge is 0.130 e. The highest BCUT2D eigenvalue weighted by atomic mass is 35.5. The van der Waals surface area contributed by atoms with Crippen LogP contribution in [0.25, 0.3) is 0 Å². The molecule has 0 spiro atoms. The summed E-state index contributed by atoms with van der Waals surface area (Å²) < 4.78 is 1.60. The molecule has 0 fully saturated rings. The molecule has 1 heterocycles. The van der Waals surface area contributed by atoms with E-state index in [0.29, 0.717) is 10.7 Å². The van der Waals surface area contributed by atoms with Crippen LogP contribution in [0.5, 0.6) is 0 Å². The first-order chi connectivity index (χ1) is 7.93. The monoisotopic (exact) mass is 250 g/mol. The molecule has 1 unspecified atom stereocenters. The van der Waals surface area contributed by atoms with Crippen molar-refractivity contribution in [2.24, 2.45) is 7.05 Å². The highest BCUT2D eigenvalue weighted by molar-refractivity contribution is 6.31. The lowest BCUT2D eigenvalue weighted by molar-refractivity contribution is 0.0930. The molecule has 90 valence electrons. The third-order valence-corrected chi connectivity index (χ3v) is 3.25. The number of aliphatic hydroxyl groups is 1. The number of hydrogen-bond donors (Lipinski definition) is 1. The maximum Gasteiger partial charge on any atom is 0.130 e. The summed E-state index contributed by atoms with van der Waals surface area (Å²) in [4.78, 5) is 0. The third kappa shape index (κ3) is 2.08. The number of halogens is 1. The van der Waals surface area contributed by atoms with Crippen molar-refractivity contribution < 1.29 is 5.11 Å². The number of rotatable bonds is 2. The van der Waals surface area contributed by atoms with Gasteiger partial charge in [0.05, 0.1) is 16.9 Å². The molecular formula is C13H15ClN2O. The Bertz CT molecular complexity index is 509. The molecule has 0 aliphatic carbocycles. The van der Waals surface area contributed by atoms with Gasteiger partial charge in [0.2, 0.25) is 0 Å². The summed E-state index contributed by atoms with van der Waals surface area (Å²) in [5.74, 6) is 0. The fourth-order valence-electron chi connectivity index (χ4n) is 1.97. The van der Waals surface area contributed by atoms with E-state index in [1.807, 2.05) is 31.2 Å². The lowest BCUT2D eigenvalue weighted by Gasteiger charge is -2.24. The highest BCUT2D eigenvalue weighted by Crippen LogP contribution is 2.33. The molecule has 1 aromatic carbocycles. The maximum absolute atomic E-state index is 10.7. The summed E-state index contributed by atoms with van der Waals surface area (Å²) in [7, 11) is 1.77. The summed E-state index contributed by atoms with van der Waals surface area (Å²) >= 11 is 6.07. The Morgan fingerprint density at radius 1 is 1.29 bits per heavy atom. The first-order valence-electron chi connectivity index (χ1n) is 5.40. The summed E-state index contributed by atoms with van der Waals surface area (Å²) in [5.41, 5.74) is 1.41. The van der Waals surface area contributed by atoms with E-state index in [1.165, 1.54) is 0 Å². The van der Waals surface area contributed by atoms with Crippen molar-refractivity contribution in [3.63, 3.8) is 0 Å². The van der Waals surface area contributed by atoms with Gasteiger partial charge < -0.3 is 5.11 Å². The Morgan fingerprint density at radius 3 is 2.35 bits per heavy atom. The normalized spacial score (nSPS) is 14.6. The van der Waals surface area contributed by atoms with Gasteiger partial charge in [-0.3, -0.25) is 4.68 Å². The van der Waals surface area contributed by atoms with E-state index in [1.54, 1.807) is 24.9 Å². The van der Waals surface area contributed by atoms with Crippen molar-refractivity contribution in [3.8, 4) is 0 Å². The van der Waals surface area contributed by atoms with Gasteiger partial charge in [0.1, 0.15) is 5.60 Å². The van der Waals surface area contributed by atoms with Crippen molar-refractivity contribution in [3.05, 3.63) is 52.3 Å². The van der Waals surface area contributed by atoms with E-state index in [0.717, 1.165) is 11.1 Å². The van der Waals surface area contributed by atoms with Crippen molar-refractivity contribution in [2.45, 2.75) is 19.4 Å². The number of nitrogens with zero attached hydrogens (tertiary/aromatic N) is 2. The van der Waals surface area contributed by atoms with Crippen LogP contribution in [0.4, 0.5) is 0 Å². The summed E-state index contributed by atoms with van der Waals surface area (Å²) in [6.07, 6.45) is 1.54. The van der Waals surface area contributed by atoms with E-state index in [2.05, 4.69) is 5.10 Å². The largest absolute Gasteiger partial charge is 0.379 e. The van der Waals surface area contributed by atoms with Gasteiger partial charge in [-0.25, -0.2) is 0 Å². The van der Waals surface area contributed by atoms with Crippen molar-refractivity contribution in [2.75, 3.05) is 0 Å². The second-order valence-corrected chi connectivity index (χ2v) is 4.81. The molecule has 0 aliphatic heterocycles. The van der Waals surface area contributed by atoms with Crippen molar-refractivity contribution in [1.82, 2.24) is 9.78 Å². The van der Waals surface area contributed by atoms with E-state index < -0.39 is 5.60 Å². The van der Waals surface area contributed by atoms with Gasteiger partial charge in [-0.1, -0.05) is 41.4 Å². The summed E-state index contributed by atoms with van der Waals surface area (Å²) in [5, 5.41) is 15.2. The molecule has 0 saturated carbocycles. The van der Waals surface area contributed by atoms with Gasteiger partial charge in [0, 0.05) is 7.05 Å². The van der Waals surface area contributed by atoms with Gasteiger partial charge >= 0.3 is 0 Å². The van der Waals surface area contributed by atoms with Crippen molar-refractivity contribution >= 4 is 11.6 Å². The summed E-state index contributed by atoms with van der Waals surface area (Å²) in [6, 6.07) is 7.74. The molecule has 1 atom stereocenters. The van der Waals surface area contributed by atoms with Gasteiger partial charge in [-0.15, -0.1) is 0 Å². The van der Waals surface area contributed by atoms with E-state index in [4.69, 9.17) is 11.6 Å². The Labute approximate surface area is 106 Å². The second-order valence-electron chi connectivity index (χ2n) is 4.40. The molecule has 0 saturated heterocycles. The Morgan fingerprint density at radius 2 is 1.88 bits per heavy atom. The first-order valence-corrected chi connectivity index (χ1v) is 5.78. The molecule has 0 radical (unpaired) electrons. The quantitative estimate of drug-likeness (QED) is 0.890. The minimum absolute atomic E-state index is 0.470. The fraction of sp³-hybridized carbons (Fsp3) is 0.308.